The number of Topliss-reactive ketones (excluding diaryl/α,β-unsaturated/α-hetero) is 1. The average molecular weight is 254 g/mol. The Hall–Kier alpha value is -2.09. The first-order valence-electron chi connectivity index (χ1n) is 6.51. The van der Waals surface area contributed by atoms with Gasteiger partial charge in [-0.1, -0.05) is 48.9 Å². The predicted molar refractivity (Wildman–Crippen MR) is 76.6 cm³/mol. The Labute approximate surface area is 114 Å². The number of aryl methyl sites for hydroxylation is 1. The van der Waals surface area contributed by atoms with Gasteiger partial charge >= 0.3 is 0 Å². The van der Waals surface area contributed by atoms with E-state index in [0.717, 1.165) is 5.56 Å². The van der Waals surface area contributed by atoms with Gasteiger partial charge in [0.1, 0.15) is 12.4 Å². The Kier molecular flexibility index (Phi) is 4.35. The number of ketones is 1. The van der Waals surface area contributed by atoms with E-state index in [-0.39, 0.29) is 5.78 Å². The standard InChI is InChI=1S/C17H18O2/c1-3-16(18)15-9-4-5-10-17(15)19-12-14-8-6-7-13(2)11-14/h4-11H,3,12H2,1-2H3. The maximum atomic E-state index is 11.8. The summed E-state index contributed by atoms with van der Waals surface area (Å²) in [5.41, 5.74) is 2.98. The van der Waals surface area contributed by atoms with Crippen LogP contribution in [0.25, 0.3) is 0 Å². The molecule has 0 aliphatic carbocycles. The summed E-state index contributed by atoms with van der Waals surface area (Å²) in [5, 5.41) is 0. The molecule has 98 valence electrons. The topological polar surface area (TPSA) is 26.3 Å². The molecule has 0 aromatic heterocycles. The molecule has 2 nitrogen and oxygen atoms in total. The SMILES string of the molecule is CCC(=O)c1ccccc1OCc1cccc(C)c1. The number of hydrogen-bond donors (Lipinski definition) is 0. The largest absolute Gasteiger partial charge is 0.488 e. The van der Waals surface area contributed by atoms with Gasteiger partial charge in [0.05, 0.1) is 5.56 Å². The van der Waals surface area contributed by atoms with Crippen LogP contribution in [0, 0.1) is 6.92 Å². The molecule has 0 saturated heterocycles. The minimum absolute atomic E-state index is 0.111. The van der Waals surface area contributed by atoms with Crippen LogP contribution in [-0.2, 0) is 6.61 Å². The van der Waals surface area contributed by atoms with Gasteiger partial charge in [0.2, 0.25) is 0 Å². The highest BCUT2D eigenvalue weighted by molar-refractivity contribution is 5.98. The lowest BCUT2D eigenvalue weighted by atomic mass is 10.1. The molecule has 2 aromatic rings. The van der Waals surface area contributed by atoms with E-state index in [1.165, 1.54) is 5.56 Å². The quantitative estimate of drug-likeness (QED) is 0.749. The molecule has 0 atom stereocenters. The first-order valence-corrected chi connectivity index (χ1v) is 6.51. The molecule has 0 amide bonds. The second-order valence-electron chi connectivity index (χ2n) is 4.55. The highest BCUT2D eigenvalue weighted by Gasteiger charge is 2.09. The van der Waals surface area contributed by atoms with Crippen LogP contribution in [0.5, 0.6) is 5.75 Å². The minimum Gasteiger partial charge on any atom is -0.488 e. The summed E-state index contributed by atoms with van der Waals surface area (Å²) in [6, 6.07) is 15.6. The fourth-order valence-corrected chi connectivity index (χ4v) is 1.98. The van der Waals surface area contributed by atoms with E-state index in [4.69, 9.17) is 4.74 Å². The van der Waals surface area contributed by atoms with Gasteiger partial charge in [-0.2, -0.15) is 0 Å². The van der Waals surface area contributed by atoms with Gasteiger partial charge < -0.3 is 4.74 Å². The zero-order valence-electron chi connectivity index (χ0n) is 11.3. The number of carbonyl (C=O) groups is 1. The van der Waals surface area contributed by atoms with Crippen LogP contribution in [0.15, 0.2) is 48.5 Å². The van der Waals surface area contributed by atoms with Crippen molar-refractivity contribution in [1.82, 2.24) is 0 Å². The van der Waals surface area contributed by atoms with Gasteiger partial charge in [-0.25, -0.2) is 0 Å². The van der Waals surface area contributed by atoms with Gasteiger partial charge in [-0.15, -0.1) is 0 Å². The van der Waals surface area contributed by atoms with Crippen molar-refractivity contribution in [2.45, 2.75) is 26.9 Å². The van der Waals surface area contributed by atoms with Crippen molar-refractivity contribution in [3.63, 3.8) is 0 Å². The van der Waals surface area contributed by atoms with E-state index in [1.807, 2.05) is 43.3 Å². The predicted octanol–water partition coefficient (Wildman–Crippen LogP) is 4.17. The van der Waals surface area contributed by atoms with Crippen molar-refractivity contribution in [2.24, 2.45) is 0 Å². The smallest absolute Gasteiger partial charge is 0.166 e. The summed E-state index contributed by atoms with van der Waals surface area (Å²) in [6.07, 6.45) is 0.491. The first kappa shape index (κ1) is 13.3. The van der Waals surface area contributed by atoms with Crippen molar-refractivity contribution in [3.8, 4) is 5.75 Å². The normalized spacial score (nSPS) is 10.2. The number of ether oxygens (including phenoxy) is 1. The number of carbonyl (C=O) groups excluding carboxylic acids is 1. The van der Waals surface area contributed by atoms with E-state index in [1.54, 1.807) is 0 Å². The number of rotatable bonds is 5. The molecule has 2 rings (SSSR count). The third-order valence-electron chi connectivity index (χ3n) is 2.99. The lowest BCUT2D eigenvalue weighted by Gasteiger charge is -2.10. The Balaban J connectivity index is 2.13. The summed E-state index contributed by atoms with van der Waals surface area (Å²) in [6.45, 7) is 4.40. The van der Waals surface area contributed by atoms with Crippen LogP contribution in [0.2, 0.25) is 0 Å². The molecule has 0 radical (unpaired) electrons. The lowest BCUT2D eigenvalue weighted by molar-refractivity contribution is 0.0983. The van der Waals surface area contributed by atoms with Crippen LogP contribution < -0.4 is 4.74 Å². The third kappa shape index (κ3) is 3.44. The molecule has 0 aliphatic rings. The van der Waals surface area contributed by atoms with E-state index in [9.17, 15) is 4.79 Å². The maximum Gasteiger partial charge on any atom is 0.166 e. The van der Waals surface area contributed by atoms with Crippen LogP contribution in [0.1, 0.15) is 34.8 Å². The molecule has 0 bridgehead atoms. The Bertz CT molecular complexity index is 573. The number of para-hydroxylation sites is 1. The highest BCUT2D eigenvalue weighted by Crippen LogP contribution is 2.21. The van der Waals surface area contributed by atoms with Crippen molar-refractivity contribution in [3.05, 3.63) is 65.2 Å². The summed E-state index contributed by atoms with van der Waals surface area (Å²) < 4.78 is 5.78. The Morgan fingerprint density at radius 2 is 1.89 bits per heavy atom. The third-order valence-corrected chi connectivity index (χ3v) is 2.99. The molecule has 0 unspecified atom stereocenters. The molecule has 2 heteroatoms. The number of hydrogen-bond acceptors (Lipinski definition) is 2. The van der Waals surface area contributed by atoms with Crippen LogP contribution in [-0.4, -0.2) is 5.78 Å². The van der Waals surface area contributed by atoms with E-state index in [2.05, 4.69) is 19.1 Å². The Morgan fingerprint density at radius 1 is 1.11 bits per heavy atom. The van der Waals surface area contributed by atoms with Crippen LogP contribution in [0.3, 0.4) is 0 Å². The molecule has 19 heavy (non-hydrogen) atoms. The second kappa shape index (κ2) is 6.19. The molecule has 2 aromatic carbocycles. The van der Waals surface area contributed by atoms with E-state index < -0.39 is 0 Å². The van der Waals surface area contributed by atoms with Gasteiger partial charge in [0.15, 0.2) is 5.78 Å². The first-order chi connectivity index (χ1) is 9.20. The fraction of sp³-hybridized carbons (Fsp3) is 0.235. The van der Waals surface area contributed by atoms with Crippen molar-refractivity contribution in [2.75, 3.05) is 0 Å². The molecule has 0 heterocycles. The lowest BCUT2D eigenvalue weighted by Crippen LogP contribution is -2.03. The van der Waals surface area contributed by atoms with Crippen LogP contribution in [0.4, 0.5) is 0 Å². The monoisotopic (exact) mass is 254 g/mol. The summed E-state index contributed by atoms with van der Waals surface area (Å²) in [5.74, 6) is 0.774. The highest BCUT2D eigenvalue weighted by atomic mass is 16.5. The fourth-order valence-electron chi connectivity index (χ4n) is 1.98. The molecule has 0 spiro atoms. The van der Waals surface area contributed by atoms with E-state index in [0.29, 0.717) is 24.3 Å². The second-order valence-corrected chi connectivity index (χ2v) is 4.55. The zero-order valence-corrected chi connectivity index (χ0v) is 11.3. The van der Waals surface area contributed by atoms with E-state index >= 15 is 0 Å². The summed E-state index contributed by atoms with van der Waals surface area (Å²) in [7, 11) is 0. The van der Waals surface area contributed by atoms with Crippen molar-refractivity contribution in [1.29, 1.82) is 0 Å². The molecule has 0 aliphatic heterocycles. The molecular formula is C17H18O2. The van der Waals surface area contributed by atoms with Gasteiger partial charge in [0.25, 0.3) is 0 Å². The van der Waals surface area contributed by atoms with Crippen molar-refractivity contribution >= 4 is 5.78 Å². The molecule has 0 N–H and O–H groups in total. The average Bonchev–Trinajstić information content (AvgIpc) is 2.45. The van der Waals surface area contributed by atoms with Gasteiger partial charge in [-0.3, -0.25) is 4.79 Å². The minimum atomic E-state index is 0.111. The maximum absolute atomic E-state index is 11.8. The summed E-state index contributed by atoms with van der Waals surface area (Å²) >= 11 is 0. The van der Waals surface area contributed by atoms with Gasteiger partial charge in [0, 0.05) is 6.42 Å². The molecule has 0 fully saturated rings. The summed E-state index contributed by atoms with van der Waals surface area (Å²) in [4.78, 5) is 11.8. The van der Waals surface area contributed by atoms with Crippen LogP contribution >= 0.6 is 0 Å². The molecular weight excluding hydrogens is 236 g/mol. The zero-order chi connectivity index (χ0) is 13.7. The van der Waals surface area contributed by atoms with Gasteiger partial charge in [-0.05, 0) is 24.6 Å². The number of benzene rings is 2. The van der Waals surface area contributed by atoms with Crippen molar-refractivity contribution < 1.29 is 9.53 Å². The molecule has 0 saturated carbocycles. The Morgan fingerprint density at radius 3 is 2.63 bits per heavy atom.